The van der Waals surface area contributed by atoms with Crippen molar-refractivity contribution in [2.24, 2.45) is 11.7 Å². The highest BCUT2D eigenvalue weighted by atomic mass is 16.6. The summed E-state index contributed by atoms with van der Waals surface area (Å²) in [5.41, 5.74) is 6.63. The molecular formula is C16H25NO3. The molecular weight excluding hydrogens is 254 g/mol. The van der Waals surface area contributed by atoms with Crippen LogP contribution in [0.2, 0.25) is 0 Å². The number of nitrogens with two attached hydrogens (primary N) is 1. The van der Waals surface area contributed by atoms with Gasteiger partial charge < -0.3 is 15.2 Å². The molecule has 0 aromatic heterocycles. The molecule has 112 valence electrons. The number of ether oxygens (including phenoxy) is 2. The Hall–Kier alpha value is -1.39. The van der Waals surface area contributed by atoms with E-state index in [-0.39, 0.29) is 24.1 Å². The van der Waals surface area contributed by atoms with Crippen LogP contribution >= 0.6 is 0 Å². The third kappa shape index (κ3) is 5.31. The van der Waals surface area contributed by atoms with E-state index < -0.39 is 6.04 Å². The van der Waals surface area contributed by atoms with E-state index in [4.69, 9.17) is 15.2 Å². The molecule has 0 fully saturated rings. The van der Waals surface area contributed by atoms with Crippen LogP contribution in [0.15, 0.2) is 30.3 Å². The normalized spacial score (nSPS) is 15.7. The van der Waals surface area contributed by atoms with Gasteiger partial charge in [0.1, 0.15) is 12.1 Å². The van der Waals surface area contributed by atoms with Crippen molar-refractivity contribution in [3.05, 3.63) is 35.9 Å². The maximum Gasteiger partial charge on any atom is 0.322 e. The summed E-state index contributed by atoms with van der Waals surface area (Å²) < 4.78 is 11.2. The number of carbonyl (C=O) groups is 1. The van der Waals surface area contributed by atoms with Gasteiger partial charge in [-0.25, -0.2) is 0 Å². The second-order valence-corrected chi connectivity index (χ2v) is 5.44. The van der Waals surface area contributed by atoms with E-state index >= 15 is 0 Å². The van der Waals surface area contributed by atoms with E-state index in [0.29, 0.717) is 6.61 Å². The summed E-state index contributed by atoms with van der Waals surface area (Å²) in [6.07, 6.45) is -0.477. The van der Waals surface area contributed by atoms with Gasteiger partial charge in [0.2, 0.25) is 0 Å². The molecule has 2 N–H and O–H groups in total. The fourth-order valence-corrected chi connectivity index (χ4v) is 1.91. The quantitative estimate of drug-likeness (QED) is 0.779. The summed E-state index contributed by atoms with van der Waals surface area (Å²) in [6.45, 7) is 8.04. The summed E-state index contributed by atoms with van der Waals surface area (Å²) in [7, 11) is 0. The zero-order valence-corrected chi connectivity index (χ0v) is 12.7. The Labute approximate surface area is 121 Å². The minimum absolute atomic E-state index is 0.170. The smallest absolute Gasteiger partial charge is 0.322 e. The first kappa shape index (κ1) is 16.7. The van der Waals surface area contributed by atoms with Gasteiger partial charge in [-0.15, -0.1) is 0 Å². The number of hydrogen-bond acceptors (Lipinski definition) is 4. The van der Waals surface area contributed by atoms with Crippen molar-refractivity contribution < 1.29 is 14.3 Å². The number of carbonyl (C=O) groups excluding carboxylic acids is 1. The molecule has 1 rings (SSSR count). The fraction of sp³-hybridized carbons (Fsp3) is 0.562. The Morgan fingerprint density at radius 3 is 2.25 bits per heavy atom. The topological polar surface area (TPSA) is 61.5 Å². The number of esters is 1. The van der Waals surface area contributed by atoms with Crippen molar-refractivity contribution in [3.63, 3.8) is 0 Å². The summed E-state index contributed by atoms with van der Waals surface area (Å²) in [5.74, 6) is -0.220. The van der Waals surface area contributed by atoms with E-state index in [0.717, 1.165) is 5.56 Å². The molecule has 0 aliphatic carbocycles. The van der Waals surface area contributed by atoms with Crippen LogP contribution in [0, 0.1) is 5.92 Å². The standard InChI is InChI=1S/C16H25NO3/c1-11(2)15(20-16(18)12(3)17)13(4)19-10-14-8-6-5-7-9-14/h5-9,11-13,15H,10,17H2,1-4H3/t12-,13-,15+/m0/s1. The van der Waals surface area contributed by atoms with Gasteiger partial charge in [-0.2, -0.15) is 0 Å². The minimum Gasteiger partial charge on any atom is -0.458 e. The fourth-order valence-electron chi connectivity index (χ4n) is 1.91. The Kier molecular flexibility index (Phi) is 6.68. The molecule has 0 aliphatic rings. The summed E-state index contributed by atoms with van der Waals surface area (Å²) >= 11 is 0. The molecule has 0 heterocycles. The van der Waals surface area contributed by atoms with Crippen molar-refractivity contribution in [3.8, 4) is 0 Å². The van der Waals surface area contributed by atoms with Gasteiger partial charge in [0, 0.05) is 0 Å². The Balaban J connectivity index is 2.56. The molecule has 4 heteroatoms. The lowest BCUT2D eigenvalue weighted by molar-refractivity contribution is -0.162. The van der Waals surface area contributed by atoms with E-state index in [1.54, 1.807) is 6.92 Å². The van der Waals surface area contributed by atoms with E-state index in [1.807, 2.05) is 51.1 Å². The average Bonchev–Trinajstić information content (AvgIpc) is 2.42. The molecule has 1 aromatic rings. The zero-order valence-electron chi connectivity index (χ0n) is 12.7. The van der Waals surface area contributed by atoms with Crippen LogP contribution in [0.3, 0.4) is 0 Å². The van der Waals surface area contributed by atoms with E-state index in [2.05, 4.69) is 0 Å². The second-order valence-electron chi connectivity index (χ2n) is 5.44. The molecule has 3 atom stereocenters. The van der Waals surface area contributed by atoms with Crippen LogP contribution in [0.1, 0.15) is 33.3 Å². The van der Waals surface area contributed by atoms with E-state index in [1.165, 1.54) is 0 Å². The van der Waals surface area contributed by atoms with Gasteiger partial charge in [0.15, 0.2) is 0 Å². The highest BCUT2D eigenvalue weighted by Gasteiger charge is 2.26. The average molecular weight is 279 g/mol. The molecule has 0 aliphatic heterocycles. The lowest BCUT2D eigenvalue weighted by Crippen LogP contribution is -2.40. The third-order valence-electron chi connectivity index (χ3n) is 3.10. The van der Waals surface area contributed by atoms with Crippen molar-refractivity contribution in [2.75, 3.05) is 0 Å². The first-order valence-electron chi connectivity index (χ1n) is 7.03. The van der Waals surface area contributed by atoms with E-state index in [9.17, 15) is 4.79 Å². The van der Waals surface area contributed by atoms with Crippen molar-refractivity contribution in [1.82, 2.24) is 0 Å². The highest BCUT2D eigenvalue weighted by Crippen LogP contribution is 2.16. The lowest BCUT2D eigenvalue weighted by Gasteiger charge is -2.28. The van der Waals surface area contributed by atoms with Crippen LogP contribution in [0.4, 0.5) is 0 Å². The first-order valence-corrected chi connectivity index (χ1v) is 7.03. The van der Waals surface area contributed by atoms with Crippen LogP contribution in [-0.2, 0) is 20.9 Å². The maximum absolute atomic E-state index is 11.6. The molecule has 0 saturated heterocycles. The molecule has 0 radical (unpaired) electrons. The van der Waals surface area contributed by atoms with Crippen LogP contribution in [0.25, 0.3) is 0 Å². The summed E-state index contributed by atoms with van der Waals surface area (Å²) in [5, 5.41) is 0. The number of benzene rings is 1. The Morgan fingerprint density at radius 2 is 1.75 bits per heavy atom. The molecule has 0 saturated carbocycles. The molecule has 1 aromatic carbocycles. The number of hydrogen-bond donors (Lipinski definition) is 1. The van der Waals surface area contributed by atoms with Crippen LogP contribution in [0.5, 0.6) is 0 Å². The van der Waals surface area contributed by atoms with Gasteiger partial charge in [0.25, 0.3) is 0 Å². The van der Waals surface area contributed by atoms with Crippen molar-refractivity contribution in [1.29, 1.82) is 0 Å². The van der Waals surface area contributed by atoms with Gasteiger partial charge in [-0.05, 0) is 25.3 Å². The van der Waals surface area contributed by atoms with Crippen molar-refractivity contribution in [2.45, 2.75) is 52.6 Å². The van der Waals surface area contributed by atoms with Gasteiger partial charge in [-0.1, -0.05) is 44.2 Å². The number of rotatable bonds is 7. The summed E-state index contributed by atoms with van der Waals surface area (Å²) in [4.78, 5) is 11.6. The maximum atomic E-state index is 11.6. The van der Waals surface area contributed by atoms with Gasteiger partial charge in [-0.3, -0.25) is 4.79 Å². The van der Waals surface area contributed by atoms with Gasteiger partial charge in [0.05, 0.1) is 12.7 Å². The monoisotopic (exact) mass is 279 g/mol. The predicted octanol–water partition coefficient (Wildman–Crippen LogP) is 2.51. The lowest BCUT2D eigenvalue weighted by atomic mass is 10.0. The highest BCUT2D eigenvalue weighted by molar-refractivity contribution is 5.75. The first-order chi connectivity index (χ1) is 9.41. The summed E-state index contributed by atoms with van der Waals surface area (Å²) in [6, 6.07) is 9.31. The largest absolute Gasteiger partial charge is 0.458 e. The van der Waals surface area contributed by atoms with Gasteiger partial charge >= 0.3 is 5.97 Å². The molecule has 0 bridgehead atoms. The molecule has 0 amide bonds. The Morgan fingerprint density at radius 1 is 1.15 bits per heavy atom. The zero-order chi connectivity index (χ0) is 15.1. The second kappa shape index (κ2) is 8.02. The Bertz CT molecular complexity index is 403. The molecule has 0 unspecified atom stereocenters. The van der Waals surface area contributed by atoms with Crippen molar-refractivity contribution >= 4 is 5.97 Å². The van der Waals surface area contributed by atoms with Crippen LogP contribution in [-0.4, -0.2) is 24.2 Å². The minimum atomic E-state index is -0.613. The van der Waals surface area contributed by atoms with Crippen LogP contribution < -0.4 is 5.73 Å². The molecule has 0 spiro atoms. The molecule has 4 nitrogen and oxygen atoms in total. The SMILES string of the molecule is CC(C)[C@@H](OC(=O)[C@H](C)N)[C@H](C)OCc1ccccc1. The molecule has 20 heavy (non-hydrogen) atoms. The predicted molar refractivity (Wildman–Crippen MR) is 79.1 cm³/mol. The third-order valence-corrected chi connectivity index (χ3v) is 3.10.